The molecule has 144 valence electrons. The van der Waals surface area contributed by atoms with Crippen LogP contribution in [0.4, 0.5) is 0 Å². The van der Waals surface area contributed by atoms with E-state index in [4.69, 9.17) is 9.47 Å². The number of rotatable bonds is 7. The molecule has 1 aromatic carbocycles. The van der Waals surface area contributed by atoms with Crippen LogP contribution >= 0.6 is 0 Å². The Morgan fingerprint density at radius 2 is 1.77 bits per heavy atom. The third kappa shape index (κ3) is 5.17. The number of amides is 2. The highest BCUT2D eigenvalue weighted by Crippen LogP contribution is 2.23. The third-order valence-corrected chi connectivity index (χ3v) is 4.11. The second-order valence-corrected chi connectivity index (χ2v) is 6.56. The second-order valence-electron chi connectivity index (χ2n) is 6.56. The van der Waals surface area contributed by atoms with Crippen LogP contribution in [-0.2, 0) is 9.53 Å². The molecular formula is C18H26N2O6. The summed E-state index contributed by atoms with van der Waals surface area (Å²) in [4.78, 5) is 24.0. The number of aliphatic hydroxyl groups excluding tert-OH is 2. The van der Waals surface area contributed by atoms with Crippen LogP contribution in [0.3, 0.4) is 0 Å². The van der Waals surface area contributed by atoms with Gasteiger partial charge in [0.25, 0.3) is 5.91 Å². The first kappa shape index (κ1) is 20.2. The Labute approximate surface area is 152 Å². The lowest BCUT2D eigenvalue weighted by Crippen LogP contribution is -2.40. The number of hydrogen-bond donors (Lipinski definition) is 4. The fourth-order valence-electron chi connectivity index (χ4n) is 2.76. The smallest absolute Gasteiger partial charge is 0.251 e. The van der Waals surface area contributed by atoms with Gasteiger partial charge < -0.3 is 30.3 Å². The molecule has 1 heterocycles. The Morgan fingerprint density at radius 1 is 1.15 bits per heavy atom. The van der Waals surface area contributed by atoms with Crippen molar-refractivity contribution in [2.75, 3.05) is 13.7 Å². The molecule has 4 atom stereocenters. The van der Waals surface area contributed by atoms with Crippen molar-refractivity contribution >= 4 is 11.8 Å². The van der Waals surface area contributed by atoms with Crippen molar-refractivity contribution in [2.45, 2.75) is 50.7 Å². The van der Waals surface area contributed by atoms with Gasteiger partial charge in [-0.15, -0.1) is 0 Å². The van der Waals surface area contributed by atoms with Crippen LogP contribution in [0.25, 0.3) is 0 Å². The quantitative estimate of drug-likeness (QED) is 0.532. The minimum Gasteiger partial charge on any atom is -0.497 e. The summed E-state index contributed by atoms with van der Waals surface area (Å²) in [5, 5.41) is 25.5. The highest BCUT2D eigenvalue weighted by molar-refractivity contribution is 5.94. The Balaban J connectivity index is 1.86. The van der Waals surface area contributed by atoms with Gasteiger partial charge in [0.05, 0.1) is 19.6 Å². The van der Waals surface area contributed by atoms with E-state index in [-0.39, 0.29) is 30.8 Å². The lowest BCUT2D eigenvalue weighted by atomic mass is 10.1. The summed E-state index contributed by atoms with van der Waals surface area (Å²) >= 11 is 0. The molecule has 8 heteroatoms. The van der Waals surface area contributed by atoms with E-state index in [0.29, 0.717) is 11.3 Å². The van der Waals surface area contributed by atoms with Gasteiger partial charge in [-0.2, -0.15) is 0 Å². The number of ether oxygens (including phenoxy) is 2. The molecule has 4 N–H and O–H groups in total. The van der Waals surface area contributed by atoms with Gasteiger partial charge in [0.1, 0.15) is 24.1 Å². The van der Waals surface area contributed by atoms with Crippen molar-refractivity contribution < 1.29 is 29.3 Å². The van der Waals surface area contributed by atoms with Crippen molar-refractivity contribution in [3.8, 4) is 5.75 Å². The van der Waals surface area contributed by atoms with Crippen LogP contribution in [0, 0.1) is 0 Å². The molecule has 1 aromatic rings. The molecule has 2 amide bonds. The minimum absolute atomic E-state index is 0.0192. The van der Waals surface area contributed by atoms with E-state index in [1.807, 2.05) is 13.8 Å². The van der Waals surface area contributed by atoms with Crippen LogP contribution in [0.15, 0.2) is 24.3 Å². The van der Waals surface area contributed by atoms with E-state index in [0.717, 1.165) is 0 Å². The summed E-state index contributed by atoms with van der Waals surface area (Å²) in [7, 11) is 1.54. The summed E-state index contributed by atoms with van der Waals surface area (Å²) < 4.78 is 10.6. The molecule has 1 saturated heterocycles. The molecule has 8 nitrogen and oxygen atoms in total. The summed E-state index contributed by atoms with van der Waals surface area (Å²) in [5.41, 5.74) is 0.437. The molecule has 1 fully saturated rings. The van der Waals surface area contributed by atoms with Crippen molar-refractivity contribution in [1.82, 2.24) is 10.6 Å². The van der Waals surface area contributed by atoms with E-state index in [1.165, 1.54) is 7.11 Å². The molecule has 0 radical (unpaired) electrons. The lowest BCUT2D eigenvalue weighted by molar-refractivity contribution is -0.125. The summed E-state index contributed by atoms with van der Waals surface area (Å²) in [6.45, 7) is 3.68. The summed E-state index contributed by atoms with van der Waals surface area (Å²) in [5.74, 6) is 0.0415. The number of carbonyl (C=O) groups is 2. The van der Waals surface area contributed by atoms with Crippen LogP contribution in [-0.4, -0.2) is 66.1 Å². The van der Waals surface area contributed by atoms with Crippen molar-refractivity contribution in [1.29, 1.82) is 0 Å². The molecular weight excluding hydrogens is 340 g/mol. The van der Waals surface area contributed by atoms with E-state index in [9.17, 15) is 19.8 Å². The number of hydrogen-bond acceptors (Lipinski definition) is 6. The Bertz CT molecular complexity index is 619. The van der Waals surface area contributed by atoms with Gasteiger partial charge in [-0.05, 0) is 38.1 Å². The van der Waals surface area contributed by atoms with E-state index >= 15 is 0 Å². The summed E-state index contributed by atoms with van der Waals surface area (Å²) in [6, 6.07) is 6.55. The molecule has 0 bridgehead atoms. The predicted octanol–water partition coefficient (Wildman–Crippen LogP) is -0.171. The van der Waals surface area contributed by atoms with Crippen LogP contribution in [0.1, 0.15) is 30.6 Å². The second kappa shape index (κ2) is 8.98. The Hall–Kier alpha value is -2.16. The molecule has 2 rings (SSSR count). The maximum absolute atomic E-state index is 12.2. The standard InChI is InChI=1S/C18H26N2O6/c1-10(2)20-15(21)8-13-16(22)17(23)14(26-13)9-19-18(24)11-4-6-12(25-3)7-5-11/h4-7,10,13-14,16-17,22-23H,8-9H2,1-3H3,(H,19,24)(H,20,21). The maximum Gasteiger partial charge on any atom is 0.251 e. The van der Waals surface area contributed by atoms with E-state index < -0.39 is 24.4 Å². The largest absolute Gasteiger partial charge is 0.497 e. The van der Waals surface area contributed by atoms with Gasteiger partial charge in [-0.1, -0.05) is 0 Å². The van der Waals surface area contributed by atoms with Crippen LogP contribution in [0.5, 0.6) is 5.75 Å². The molecule has 1 aliphatic rings. The first-order valence-corrected chi connectivity index (χ1v) is 8.55. The molecule has 0 aliphatic carbocycles. The van der Waals surface area contributed by atoms with Crippen LogP contribution in [0.2, 0.25) is 0 Å². The molecule has 0 aromatic heterocycles. The number of carbonyl (C=O) groups excluding carboxylic acids is 2. The van der Waals surface area contributed by atoms with Gasteiger partial charge in [0.15, 0.2) is 0 Å². The zero-order valence-electron chi connectivity index (χ0n) is 15.1. The van der Waals surface area contributed by atoms with Gasteiger partial charge in [0, 0.05) is 18.2 Å². The SMILES string of the molecule is COc1ccc(C(=O)NCC2OC(CC(=O)NC(C)C)C(O)C2O)cc1. The topological polar surface area (TPSA) is 117 Å². The number of benzene rings is 1. The summed E-state index contributed by atoms with van der Waals surface area (Å²) in [6.07, 6.45) is -4.02. The van der Waals surface area contributed by atoms with Gasteiger partial charge >= 0.3 is 0 Å². The number of aliphatic hydroxyl groups is 2. The minimum atomic E-state index is -1.18. The Kier molecular flexibility index (Phi) is 6.96. The van der Waals surface area contributed by atoms with Gasteiger partial charge in [0.2, 0.25) is 5.91 Å². The highest BCUT2D eigenvalue weighted by Gasteiger charge is 2.43. The number of methoxy groups -OCH3 is 1. The molecule has 4 unspecified atom stereocenters. The first-order chi connectivity index (χ1) is 12.3. The predicted molar refractivity (Wildman–Crippen MR) is 93.9 cm³/mol. The zero-order valence-corrected chi connectivity index (χ0v) is 15.1. The first-order valence-electron chi connectivity index (χ1n) is 8.55. The fraction of sp³-hybridized carbons (Fsp3) is 0.556. The molecule has 1 aliphatic heterocycles. The van der Waals surface area contributed by atoms with E-state index in [1.54, 1.807) is 24.3 Å². The maximum atomic E-state index is 12.2. The molecule has 0 saturated carbocycles. The fourth-order valence-corrected chi connectivity index (χ4v) is 2.76. The Morgan fingerprint density at radius 3 is 2.35 bits per heavy atom. The zero-order chi connectivity index (χ0) is 19.3. The average molecular weight is 366 g/mol. The lowest BCUT2D eigenvalue weighted by Gasteiger charge is -2.16. The monoisotopic (exact) mass is 366 g/mol. The molecule has 26 heavy (non-hydrogen) atoms. The van der Waals surface area contributed by atoms with E-state index in [2.05, 4.69) is 10.6 Å². The molecule has 0 spiro atoms. The van der Waals surface area contributed by atoms with Crippen molar-refractivity contribution in [3.63, 3.8) is 0 Å². The average Bonchev–Trinajstić information content (AvgIpc) is 2.87. The number of nitrogens with one attached hydrogen (secondary N) is 2. The van der Waals surface area contributed by atoms with Gasteiger partial charge in [-0.3, -0.25) is 9.59 Å². The van der Waals surface area contributed by atoms with Crippen LogP contribution < -0.4 is 15.4 Å². The van der Waals surface area contributed by atoms with Crippen molar-refractivity contribution in [3.05, 3.63) is 29.8 Å². The van der Waals surface area contributed by atoms with Gasteiger partial charge in [-0.25, -0.2) is 0 Å². The highest BCUT2D eigenvalue weighted by atomic mass is 16.5. The van der Waals surface area contributed by atoms with Crippen molar-refractivity contribution in [2.24, 2.45) is 0 Å². The third-order valence-electron chi connectivity index (χ3n) is 4.11. The normalized spacial score (nSPS) is 25.2.